The molecule has 4 heterocycles. The van der Waals surface area contributed by atoms with Crippen LogP contribution in [-0.2, 0) is 0 Å². The number of hydrogen-bond acceptors (Lipinski definition) is 6. The third kappa shape index (κ3) is 3.20. The maximum Gasteiger partial charge on any atom is 0.218 e. The molecule has 1 aliphatic heterocycles. The lowest BCUT2D eigenvalue weighted by atomic mass is 10.1. The Balaban J connectivity index is 1.68. The lowest BCUT2D eigenvalue weighted by molar-refractivity contribution is 0.279. The van der Waals surface area contributed by atoms with Gasteiger partial charge in [0.2, 0.25) is 5.88 Å². The van der Waals surface area contributed by atoms with Crippen molar-refractivity contribution in [1.29, 1.82) is 0 Å². The van der Waals surface area contributed by atoms with Gasteiger partial charge in [-0.05, 0) is 38.0 Å². The molecule has 0 saturated carbocycles. The van der Waals surface area contributed by atoms with Gasteiger partial charge in [0, 0.05) is 18.2 Å². The molecule has 0 spiro atoms. The molecule has 136 valence electrons. The van der Waals surface area contributed by atoms with E-state index in [0.717, 1.165) is 41.9 Å². The van der Waals surface area contributed by atoms with Gasteiger partial charge in [0.25, 0.3) is 0 Å². The van der Waals surface area contributed by atoms with Crippen molar-refractivity contribution in [1.82, 2.24) is 19.9 Å². The van der Waals surface area contributed by atoms with Gasteiger partial charge in [-0.3, -0.25) is 0 Å². The van der Waals surface area contributed by atoms with Crippen molar-refractivity contribution in [2.45, 2.75) is 31.8 Å². The molecule has 1 saturated heterocycles. The average Bonchev–Trinajstić information content (AvgIpc) is 3.28. The number of pyridine rings is 2. The number of imidazole rings is 1. The highest BCUT2D eigenvalue weighted by Gasteiger charge is 2.30. The van der Waals surface area contributed by atoms with Crippen LogP contribution in [0.3, 0.4) is 0 Å². The molecule has 3 N–H and O–H groups in total. The molecule has 2 atom stereocenters. The average molecular weight is 356 g/mol. The molecular formula is C18H21FN6O. The van der Waals surface area contributed by atoms with Crippen LogP contribution in [0.2, 0.25) is 0 Å². The molecule has 0 amide bonds. The molecule has 0 bridgehead atoms. The van der Waals surface area contributed by atoms with Crippen LogP contribution in [0, 0.1) is 5.82 Å². The number of ether oxygens (including phenoxy) is 1. The van der Waals surface area contributed by atoms with Gasteiger partial charge in [-0.1, -0.05) is 0 Å². The van der Waals surface area contributed by atoms with E-state index in [4.69, 9.17) is 10.5 Å². The van der Waals surface area contributed by atoms with E-state index in [-0.39, 0.29) is 17.9 Å². The number of fused-ring (bicyclic) bond motifs is 1. The number of anilines is 1. The summed E-state index contributed by atoms with van der Waals surface area (Å²) in [4.78, 5) is 18.2. The van der Waals surface area contributed by atoms with Crippen LogP contribution in [0.5, 0.6) is 5.88 Å². The number of nitrogens with zero attached hydrogens (tertiary/aromatic N) is 4. The zero-order chi connectivity index (χ0) is 18.1. The molecule has 1 unspecified atom stereocenters. The molecule has 26 heavy (non-hydrogen) atoms. The summed E-state index contributed by atoms with van der Waals surface area (Å²) in [6, 6.07) is 5.20. The number of nitrogens with two attached hydrogens (primary N) is 1. The van der Waals surface area contributed by atoms with Crippen molar-refractivity contribution < 1.29 is 9.13 Å². The van der Waals surface area contributed by atoms with E-state index in [1.165, 1.54) is 12.3 Å². The fourth-order valence-electron chi connectivity index (χ4n) is 3.35. The minimum Gasteiger partial charge on any atom is -0.476 e. The maximum atomic E-state index is 13.9. The Kier molecular flexibility index (Phi) is 4.42. The fourth-order valence-corrected chi connectivity index (χ4v) is 3.35. The molecule has 3 aromatic heterocycles. The van der Waals surface area contributed by atoms with Crippen LogP contribution in [-0.4, -0.2) is 39.1 Å². The van der Waals surface area contributed by atoms with Crippen molar-refractivity contribution in [2.75, 3.05) is 18.1 Å². The molecule has 1 aliphatic rings. The monoisotopic (exact) mass is 356 g/mol. The van der Waals surface area contributed by atoms with Crippen LogP contribution in [0.1, 0.15) is 31.4 Å². The topological polar surface area (TPSA) is 93.0 Å². The Hall–Kier alpha value is -2.74. The molecule has 1 fully saturated rings. The molecule has 4 rings (SSSR count). The summed E-state index contributed by atoms with van der Waals surface area (Å²) < 4.78 is 19.6. The SMILES string of the molecule is CC(N)COc1ncc(F)cc1[C@H]1CCCN1c1ccc2nc[nH]c2n1. The van der Waals surface area contributed by atoms with Crippen LogP contribution in [0.4, 0.5) is 10.2 Å². The van der Waals surface area contributed by atoms with E-state index in [1.807, 2.05) is 19.1 Å². The van der Waals surface area contributed by atoms with Gasteiger partial charge in [0.15, 0.2) is 5.65 Å². The quantitative estimate of drug-likeness (QED) is 0.730. The third-order valence-electron chi connectivity index (χ3n) is 4.50. The van der Waals surface area contributed by atoms with Crippen molar-refractivity contribution in [2.24, 2.45) is 5.73 Å². The summed E-state index contributed by atoms with van der Waals surface area (Å²) in [5.41, 5.74) is 8.06. The largest absolute Gasteiger partial charge is 0.476 e. The summed E-state index contributed by atoms with van der Waals surface area (Å²) >= 11 is 0. The predicted octanol–water partition coefficient (Wildman–Crippen LogP) is 2.56. The van der Waals surface area contributed by atoms with E-state index in [0.29, 0.717) is 12.5 Å². The summed E-state index contributed by atoms with van der Waals surface area (Å²) in [6.07, 6.45) is 4.66. The molecule has 8 heteroatoms. The predicted molar refractivity (Wildman–Crippen MR) is 96.5 cm³/mol. The molecule has 3 aromatic rings. The van der Waals surface area contributed by atoms with Crippen molar-refractivity contribution >= 4 is 17.0 Å². The van der Waals surface area contributed by atoms with E-state index >= 15 is 0 Å². The summed E-state index contributed by atoms with van der Waals surface area (Å²) in [5, 5.41) is 0. The molecule has 0 aromatic carbocycles. The second kappa shape index (κ2) is 6.87. The van der Waals surface area contributed by atoms with Gasteiger partial charge in [-0.2, -0.15) is 0 Å². The lowest BCUT2D eigenvalue weighted by Crippen LogP contribution is -2.27. The Labute approximate surface area is 150 Å². The third-order valence-corrected chi connectivity index (χ3v) is 4.50. The highest BCUT2D eigenvalue weighted by molar-refractivity contribution is 5.72. The highest BCUT2D eigenvalue weighted by Crippen LogP contribution is 2.39. The van der Waals surface area contributed by atoms with Gasteiger partial charge >= 0.3 is 0 Å². The highest BCUT2D eigenvalue weighted by atomic mass is 19.1. The van der Waals surface area contributed by atoms with Crippen molar-refractivity contribution in [3.05, 3.63) is 42.1 Å². The Morgan fingerprint density at radius 3 is 3.15 bits per heavy atom. The van der Waals surface area contributed by atoms with Crippen molar-refractivity contribution in [3.63, 3.8) is 0 Å². The van der Waals surface area contributed by atoms with Crippen LogP contribution >= 0.6 is 0 Å². The van der Waals surface area contributed by atoms with Gasteiger partial charge in [0.1, 0.15) is 23.8 Å². The second-order valence-corrected chi connectivity index (χ2v) is 6.63. The van der Waals surface area contributed by atoms with Crippen molar-refractivity contribution in [3.8, 4) is 5.88 Å². The number of aromatic nitrogens is 4. The van der Waals surface area contributed by atoms with E-state index in [1.54, 1.807) is 6.33 Å². The fraction of sp³-hybridized carbons (Fsp3) is 0.389. The first kappa shape index (κ1) is 16.7. The molecule has 7 nitrogen and oxygen atoms in total. The number of aromatic amines is 1. The second-order valence-electron chi connectivity index (χ2n) is 6.63. The minimum atomic E-state index is -0.378. The first-order chi connectivity index (χ1) is 12.6. The van der Waals surface area contributed by atoms with Crippen LogP contribution in [0.25, 0.3) is 11.2 Å². The molecular weight excluding hydrogens is 335 g/mol. The number of halogens is 1. The molecule has 0 radical (unpaired) electrons. The number of rotatable bonds is 5. The Morgan fingerprint density at radius 2 is 2.31 bits per heavy atom. The van der Waals surface area contributed by atoms with Gasteiger partial charge < -0.3 is 20.4 Å². The van der Waals surface area contributed by atoms with Gasteiger partial charge in [-0.25, -0.2) is 19.3 Å². The van der Waals surface area contributed by atoms with Gasteiger partial charge in [-0.15, -0.1) is 0 Å². The zero-order valence-electron chi connectivity index (χ0n) is 14.5. The van der Waals surface area contributed by atoms with E-state index < -0.39 is 0 Å². The lowest BCUT2D eigenvalue weighted by Gasteiger charge is -2.27. The molecule has 0 aliphatic carbocycles. The van der Waals surface area contributed by atoms with Crippen LogP contribution < -0.4 is 15.4 Å². The van der Waals surface area contributed by atoms with E-state index in [2.05, 4.69) is 24.8 Å². The first-order valence-corrected chi connectivity index (χ1v) is 8.72. The van der Waals surface area contributed by atoms with Gasteiger partial charge in [0.05, 0.1) is 18.6 Å². The number of H-pyrrole nitrogens is 1. The van der Waals surface area contributed by atoms with Crippen LogP contribution in [0.15, 0.2) is 30.7 Å². The standard InChI is InChI=1S/C18H21FN6O/c1-11(20)9-26-18-13(7-12(19)8-21-18)15-3-2-6-25(15)16-5-4-14-17(24-16)23-10-22-14/h4-5,7-8,10-11,15H,2-3,6,9,20H2,1H3,(H,22,23,24)/t11?,15-/m1/s1. The summed E-state index contributed by atoms with van der Waals surface area (Å²) in [7, 11) is 0. The first-order valence-electron chi connectivity index (χ1n) is 8.72. The summed E-state index contributed by atoms with van der Waals surface area (Å²) in [6.45, 7) is 3.02. The number of nitrogens with one attached hydrogen (secondary N) is 1. The smallest absolute Gasteiger partial charge is 0.218 e. The minimum absolute atomic E-state index is 0.0471. The number of hydrogen-bond donors (Lipinski definition) is 2. The van der Waals surface area contributed by atoms with E-state index in [9.17, 15) is 4.39 Å². The normalized spacial score (nSPS) is 18.4. The zero-order valence-corrected chi connectivity index (χ0v) is 14.5. The Morgan fingerprint density at radius 1 is 1.42 bits per heavy atom. The maximum absolute atomic E-state index is 13.9. The Bertz CT molecular complexity index is 912. The summed E-state index contributed by atoms with van der Waals surface area (Å²) in [5.74, 6) is 0.881.